The third-order valence-corrected chi connectivity index (χ3v) is 5.53. The third-order valence-electron chi connectivity index (χ3n) is 5.53. The van der Waals surface area contributed by atoms with Gasteiger partial charge in [0.05, 0.1) is 12.2 Å². The Balaban J connectivity index is 1.38. The Kier molecular flexibility index (Phi) is 5.00. The zero-order valence-corrected chi connectivity index (χ0v) is 13.2. The fraction of sp³-hybridized carbons (Fsp3) is 1.00. The molecule has 0 bridgehead atoms. The van der Waals surface area contributed by atoms with Crippen molar-refractivity contribution in [1.82, 2.24) is 10.2 Å². The normalized spacial score (nSPS) is 34.6. The van der Waals surface area contributed by atoms with Crippen molar-refractivity contribution >= 4 is 0 Å². The van der Waals surface area contributed by atoms with E-state index in [9.17, 15) is 0 Å². The molecule has 2 aliphatic heterocycles. The van der Waals surface area contributed by atoms with Crippen LogP contribution in [0.5, 0.6) is 0 Å². The smallest absolute Gasteiger partial charge is 0.0603 e. The summed E-state index contributed by atoms with van der Waals surface area (Å²) in [5, 5.41) is 3.51. The molecule has 0 amide bonds. The minimum absolute atomic E-state index is 0.511. The Morgan fingerprint density at radius 1 is 1.05 bits per heavy atom. The van der Waals surface area contributed by atoms with E-state index in [1.165, 1.54) is 84.1 Å². The van der Waals surface area contributed by atoms with Crippen LogP contribution in [0.25, 0.3) is 0 Å². The van der Waals surface area contributed by atoms with Crippen molar-refractivity contribution in [1.29, 1.82) is 0 Å². The van der Waals surface area contributed by atoms with Crippen molar-refractivity contribution in [2.45, 2.75) is 70.5 Å². The molecule has 1 atom stereocenters. The van der Waals surface area contributed by atoms with Gasteiger partial charge in [-0.2, -0.15) is 0 Å². The maximum atomic E-state index is 6.34. The predicted molar refractivity (Wildman–Crippen MR) is 83.0 cm³/mol. The molecule has 0 aromatic heterocycles. The maximum absolute atomic E-state index is 6.34. The molecule has 3 rings (SSSR count). The molecule has 0 aromatic carbocycles. The zero-order chi connectivity index (χ0) is 13.8. The van der Waals surface area contributed by atoms with E-state index in [1.54, 1.807) is 0 Å². The van der Waals surface area contributed by atoms with Crippen LogP contribution < -0.4 is 5.32 Å². The quantitative estimate of drug-likeness (QED) is 0.857. The Morgan fingerprint density at radius 3 is 2.40 bits per heavy atom. The molecule has 1 unspecified atom stereocenters. The van der Waals surface area contributed by atoms with Crippen molar-refractivity contribution < 1.29 is 4.74 Å². The highest BCUT2D eigenvalue weighted by Crippen LogP contribution is 2.29. The van der Waals surface area contributed by atoms with Crippen LogP contribution >= 0.6 is 0 Å². The molecule has 3 aliphatic rings. The van der Waals surface area contributed by atoms with Gasteiger partial charge in [0.1, 0.15) is 0 Å². The SMILES string of the molecule is CC1(CN2CCC(OC3CCCCC3)CC2)CCNC1. The maximum Gasteiger partial charge on any atom is 0.0603 e. The highest BCUT2D eigenvalue weighted by atomic mass is 16.5. The number of rotatable bonds is 4. The lowest BCUT2D eigenvalue weighted by Gasteiger charge is -2.38. The van der Waals surface area contributed by atoms with Gasteiger partial charge in [-0.3, -0.25) is 0 Å². The lowest BCUT2D eigenvalue weighted by molar-refractivity contribution is -0.0585. The molecule has 20 heavy (non-hydrogen) atoms. The molecular weight excluding hydrogens is 248 g/mol. The lowest BCUT2D eigenvalue weighted by atomic mass is 9.88. The van der Waals surface area contributed by atoms with Gasteiger partial charge in [-0.15, -0.1) is 0 Å². The van der Waals surface area contributed by atoms with Gasteiger partial charge in [0.15, 0.2) is 0 Å². The van der Waals surface area contributed by atoms with Crippen LogP contribution in [-0.2, 0) is 4.74 Å². The predicted octanol–water partition coefficient (Wildman–Crippen LogP) is 2.80. The second-order valence-corrected chi connectivity index (χ2v) is 7.61. The van der Waals surface area contributed by atoms with Gasteiger partial charge in [-0.05, 0) is 44.1 Å². The molecule has 2 heterocycles. The minimum Gasteiger partial charge on any atom is -0.375 e. The van der Waals surface area contributed by atoms with E-state index < -0.39 is 0 Å². The second kappa shape index (κ2) is 6.76. The number of hydrogen-bond acceptors (Lipinski definition) is 3. The summed E-state index contributed by atoms with van der Waals surface area (Å²) in [7, 11) is 0. The summed E-state index contributed by atoms with van der Waals surface area (Å²) in [6.07, 6.45) is 11.8. The Bertz CT molecular complexity index is 287. The summed E-state index contributed by atoms with van der Waals surface area (Å²) in [6.45, 7) is 8.61. The summed E-state index contributed by atoms with van der Waals surface area (Å²) in [4.78, 5) is 2.67. The zero-order valence-electron chi connectivity index (χ0n) is 13.2. The van der Waals surface area contributed by atoms with Crippen molar-refractivity contribution in [3.63, 3.8) is 0 Å². The first kappa shape index (κ1) is 14.8. The molecule has 1 N–H and O–H groups in total. The highest BCUT2D eigenvalue weighted by molar-refractivity contribution is 4.88. The summed E-state index contributed by atoms with van der Waals surface area (Å²) in [5.41, 5.74) is 0.511. The van der Waals surface area contributed by atoms with E-state index in [0.29, 0.717) is 17.6 Å². The molecule has 0 radical (unpaired) electrons. The summed E-state index contributed by atoms with van der Waals surface area (Å²) in [6, 6.07) is 0. The first-order valence-electron chi connectivity index (χ1n) is 8.82. The molecule has 3 heteroatoms. The average molecular weight is 280 g/mol. The van der Waals surface area contributed by atoms with Crippen molar-refractivity contribution in [2.75, 3.05) is 32.7 Å². The van der Waals surface area contributed by atoms with Crippen LogP contribution in [0.2, 0.25) is 0 Å². The van der Waals surface area contributed by atoms with Crippen LogP contribution in [0.4, 0.5) is 0 Å². The van der Waals surface area contributed by atoms with Gasteiger partial charge >= 0.3 is 0 Å². The molecule has 0 aromatic rings. The van der Waals surface area contributed by atoms with Crippen LogP contribution in [-0.4, -0.2) is 49.8 Å². The molecule has 1 aliphatic carbocycles. The van der Waals surface area contributed by atoms with Gasteiger partial charge in [-0.25, -0.2) is 0 Å². The number of ether oxygens (including phenoxy) is 1. The van der Waals surface area contributed by atoms with E-state index in [1.807, 2.05) is 0 Å². The third kappa shape index (κ3) is 3.96. The number of likely N-dealkylation sites (tertiary alicyclic amines) is 1. The van der Waals surface area contributed by atoms with Crippen molar-refractivity contribution in [3.8, 4) is 0 Å². The number of nitrogens with one attached hydrogen (secondary N) is 1. The van der Waals surface area contributed by atoms with Gasteiger partial charge in [0.25, 0.3) is 0 Å². The largest absolute Gasteiger partial charge is 0.375 e. The van der Waals surface area contributed by atoms with Gasteiger partial charge in [-0.1, -0.05) is 26.2 Å². The number of hydrogen-bond donors (Lipinski definition) is 1. The van der Waals surface area contributed by atoms with Crippen LogP contribution in [0.1, 0.15) is 58.3 Å². The molecule has 2 saturated heterocycles. The summed E-state index contributed by atoms with van der Waals surface area (Å²) in [5.74, 6) is 0. The Morgan fingerprint density at radius 2 is 1.75 bits per heavy atom. The van der Waals surface area contributed by atoms with Crippen LogP contribution in [0, 0.1) is 5.41 Å². The molecule has 1 saturated carbocycles. The molecular formula is C17H32N2O. The van der Waals surface area contributed by atoms with Crippen LogP contribution in [0.3, 0.4) is 0 Å². The Hall–Kier alpha value is -0.120. The van der Waals surface area contributed by atoms with E-state index in [4.69, 9.17) is 4.74 Å². The summed E-state index contributed by atoms with van der Waals surface area (Å²) < 4.78 is 6.34. The second-order valence-electron chi connectivity index (χ2n) is 7.61. The first-order valence-corrected chi connectivity index (χ1v) is 8.82. The monoisotopic (exact) mass is 280 g/mol. The summed E-state index contributed by atoms with van der Waals surface area (Å²) >= 11 is 0. The average Bonchev–Trinajstić information content (AvgIpc) is 2.89. The molecule has 0 spiro atoms. The first-order chi connectivity index (χ1) is 9.73. The number of nitrogens with zero attached hydrogens (tertiary/aromatic N) is 1. The van der Waals surface area contributed by atoms with Crippen LogP contribution in [0.15, 0.2) is 0 Å². The number of piperidine rings is 1. The van der Waals surface area contributed by atoms with E-state index in [2.05, 4.69) is 17.1 Å². The van der Waals surface area contributed by atoms with Gasteiger partial charge in [0, 0.05) is 26.2 Å². The molecule has 3 fully saturated rings. The van der Waals surface area contributed by atoms with Crippen molar-refractivity contribution in [3.05, 3.63) is 0 Å². The van der Waals surface area contributed by atoms with E-state index >= 15 is 0 Å². The molecule has 116 valence electrons. The topological polar surface area (TPSA) is 24.5 Å². The van der Waals surface area contributed by atoms with E-state index in [-0.39, 0.29) is 0 Å². The minimum atomic E-state index is 0.511. The van der Waals surface area contributed by atoms with Crippen molar-refractivity contribution in [2.24, 2.45) is 5.41 Å². The fourth-order valence-electron chi connectivity index (χ4n) is 4.22. The Labute approximate surface area is 124 Å². The van der Waals surface area contributed by atoms with Gasteiger partial charge in [0.2, 0.25) is 0 Å². The molecule has 3 nitrogen and oxygen atoms in total. The fourth-order valence-corrected chi connectivity index (χ4v) is 4.22. The highest BCUT2D eigenvalue weighted by Gasteiger charge is 2.32. The van der Waals surface area contributed by atoms with Gasteiger partial charge < -0.3 is 15.0 Å². The van der Waals surface area contributed by atoms with E-state index in [0.717, 1.165) is 0 Å². The lowest BCUT2D eigenvalue weighted by Crippen LogP contribution is -2.44. The standard InChI is InChI=1S/C17H32N2O/c1-17(9-10-18-13-17)14-19-11-7-16(8-12-19)20-15-5-3-2-4-6-15/h15-16,18H,2-14H2,1H3.